The van der Waals surface area contributed by atoms with Gasteiger partial charge in [0.25, 0.3) is 5.91 Å². The first-order valence-corrected chi connectivity index (χ1v) is 24.2. The summed E-state index contributed by atoms with van der Waals surface area (Å²) in [4.78, 5) is 23.4. The average Bonchev–Trinajstić information content (AvgIpc) is 3.85. The van der Waals surface area contributed by atoms with Crippen LogP contribution in [0.25, 0.3) is 11.1 Å². The zero-order valence-corrected chi connectivity index (χ0v) is 38.8. The number of amides is 1. The Morgan fingerprint density at radius 2 is 1.53 bits per heavy atom. The second-order valence-corrected chi connectivity index (χ2v) is 18.1. The monoisotopic (exact) mass is 918 g/mol. The number of aliphatic hydroxyl groups excluding tert-OH is 2. The van der Waals surface area contributed by atoms with Crippen LogP contribution in [0, 0.1) is 17.8 Å². The first kappa shape index (κ1) is 46.7. The fourth-order valence-electron chi connectivity index (χ4n) is 10.8. The molecule has 0 saturated heterocycles. The molecule has 2 N–H and O–H groups in total. The van der Waals surface area contributed by atoms with E-state index in [4.69, 9.17) is 33.7 Å². The highest BCUT2D eigenvalue weighted by Crippen LogP contribution is 2.62. The van der Waals surface area contributed by atoms with Crippen LogP contribution in [0.2, 0.25) is 0 Å². The Morgan fingerprint density at radius 3 is 2.28 bits per heavy atom. The van der Waals surface area contributed by atoms with Crippen LogP contribution in [0.4, 0.5) is 0 Å². The molecule has 2 heterocycles. The Labute approximate surface area is 399 Å². The van der Waals surface area contributed by atoms with Gasteiger partial charge in [0.1, 0.15) is 29.9 Å². The molecule has 354 valence electrons. The Hall–Kier alpha value is -6.40. The Kier molecular flexibility index (Phi) is 14.9. The molecule has 11 heteroatoms. The lowest BCUT2D eigenvalue weighted by atomic mass is 9.55. The molecule has 11 nitrogen and oxygen atoms in total. The molecule has 68 heavy (non-hydrogen) atoms. The van der Waals surface area contributed by atoms with Gasteiger partial charge in [0.15, 0.2) is 11.5 Å². The van der Waals surface area contributed by atoms with Gasteiger partial charge in [0.05, 0.1) is 18.2 Å². The molecule has 5 aromatic rings. The van der Waals surface area contributed by atoms with E-state index in [1.54, 1.807) is 24.3 Å². The van der Waals surface area contributed by atoms with Crippen LogP contribution in [-0.2, 0) is 16.2 Å². The summed E-state index contributed by atoms with van der Waals surface area (Å²) in [5, 5.41) is 25.1. The number of carbonyl (C=O) groups is 1. The van der Waals surface area contributed by atoms with Crippen molar-refractivity contribution in [3.63, 3.8) is 0 Å². The van der Waals surface area contributed by atoms with E-state index in [1.165, 1.54) is 0 Å². The van der Waals surface area contributed by atoms with Crippen LogP contribution >= 0.6 is 0 Å². The van der Waals surface area contributed by atoms with Crippen LogP contribution in [0.5, 0.6) is 28.7 Å². The average molecular weight is 919 g/mol. The van der Waals surface area contributed by atoms with Gasteiger partial charge in [-0.1, -0.05) is 110 Å². The molecule has 2 aliphatic heterocycles. The molecule has 1 amide bonds. The van der Waals surface area contributed by atoms with Crippen LogP contribution in [0.15, 0.2) is 151 Å². The Balaban J connectivity index is 1.20. The van der Waals surface area contributed by atoms with Gasteiger partial charge in [-0.05, 0) is 115 Å². The number of carbonyl (C=O) groups excluding carboxylic acids is 1. The number of nitrogens with zero attached hydrogens (tertiary/aromatic N) is 2. The number of hydrogen-bond acceptors (Lipinski definition) is 10. The minimum atomic E-state index is -1.40. The lowest BCUT2D eigenvalue weighted by molar-refractivity contribution is -0.254. The zero-order valence-electron chi connectivity index (χ0n) is 38.8. The van der Waals surface area contributed by atoms with E-state index in [-0.39, 0.29) is 63.3 Å². The minimum Gasteiger partial charge on any atom is -0.459 e. The summed E-state index contributed by atoms with van der Waals surface area (Å²) in [7, 11) is 0. The summed E-state index contributed by atoms with van der Waals surface area (Å²) in [6.07, 6.45) is 9.68. The molecule has 2 aliphatic carbocycles. The third-order valence-electron chi connectivity index (χ3n) is 13.8. The topological polar surface area (TPSA) is 129 Å². The van der Waals surface area contributed by atoms with Gasteiger partial charge in [-0.3, -0.25) is 4.79 Å². The maximum atomic E-state index is 15.2. The standard InChI is InChI=1S/C57H62N2O9/c1-3-29-59(56(62)43-23-27-51-52(34-43)64-38-63-51)53-36-49(58-66-37-39-15-7-5-8-16-39)47-33-42(19-11-13-30-60)46(20-12-14-31-61)54-48-35-45(26-28-50(48)68-57(53,55(47)54)65-32-4-2)67-44-24-21-41(22-25-44)40-17-9-6-10-18-40/h4-10,15-18,21-28,33-35,42,46,53-55,60-61H,2-3,11-14,19-20,29-32,36-38H2,1H3. The fourth-order valence-corrected chi connectivity index (χ4v) is 10.8. The lowest BCUT2D eigenvalue weighted by Gasteiger charge is -2.60. The second-order valence-electron chi connectivity index (χ2n) is 18.1. The highest BCUT2D eigenvalue weighted by molar-refractivity contribution is 6.03. The van der Waals surface area contributed by atoms with Crippen molar-refractivity contribution in [2.75, 3.05) is 33.2 Å². The number of oxime groups is 1. The number of rotatable bonds is 21. The number of allylic oxidation sites excluding steroid dienone is 1. The summed E-state index contributed by atoms with van der Waals surface area (Å²) in [5.74, 6) is 0.994. The van der Waals surface area contributed by atoms with Crippen LogP contribution < -0.4 is 18.9 Å². The van der Waals surface area contributed by atoms with Gasteiger partial charge in [0, 0.05) is 43.2 Å². The van der Waals surface area contributed by atoms with Gasteiger partial charge in [-0.25, -0.2) is 0 Å². The van der Waals surface area contributed by atoms with E-state index in [2.05, 4.69) is 49.9 Å². The first-order chi connectivity index (χ1) is 33.4. The molecule has 0 bridgehead atoms. The summed E-state index contributed by atoms with van der Waals surface area (Å²) in [6.45, 7) is 7.28. The highest BCUT2D eigenvalue weighted by atomic mass is 16.7. The second kappa shape index (κ2) is 21.7. The van der Waals surface area contributed by atoms with E-state index < -0.39 is 17.7 Å². The van der Waals surface area contributed by atoms with Gasteiger partial charge < -0.3 is 43.6 Å². The summed E-state index contributed by atoms with van der Waals surface area (Å²) >= 11 is 0. The summed E-state index contributed by atoms with van der Waals surface area (Å²) in [6, 6.07) is 39.0. The first-order valence-electron chi connectivity index (χ1n) is 24.2. The Morgan fingerprint density at radius 1 is 0.824 bits per heavy atom. The fraction of sp³-hybridized carbons (Fsp3) is 0.368. The van der Waals surface area contributed by atoms with Crippen molar-refractivity contribution < 1.29 is 43.5 Å². The smallest absolute Gasteiger partial charge is 0.254 e. The van der Waals surface area contributed by atoms with Crippen LogP contribution in [-0.4, -0.2) is 71.7 Å². The zero-order chi connectivity index (χ0) is 46.9. The van der Waals surface area contributed by atoms with Crippen molar-refractivity contribution in [3.8, 4) is 39.9 Å². The molecule has 0 radical (unpaired) electrons. The molecule has 1 saturated carbocycles. The number of hydrogen-bond donors (Lipinski definition) is 2. The Bertz CT molecular complexity index is 2560. The SMILES string of the molecule is C=CCOC12Oc3ccc(Oc4ccc(-c5ccccc5)cc4)cc3C3C(CCCCO)C(CCCCO)C=C(C(=NOCc4ccccc4)CC1N(CCC)C(=O)c1ccc4c(c1)OCO4)C32. The largest absolute Gasteiger partial charge is 0.459 e. The maximum absolute atomic E-state index is 15.2. The van der Waals surface area contributed by atoms with Crippen molar-refractivity contribution in [2.24, 2.45) is 22.9 Å². The van der Waals surface area contributed by atoms with Crippen molar-refractivity contribution >= 4 is 11.6 Å². The third-order valence-corrected chi connectivity index (χ3v) is 13.8. The summed E-state index contributed by atoms with van der Waals surface area (Å²) < 4.78 is 32.7. The number of ether oxygens (including phenoxy) is 5. The molecule has 0 aromatic heterocycles. The minimum absolute atomic E-state index is 0.0539. The molecule has 0 spiro atoms. The van der Waals surface area contributed by atoms with Crippen molar-refractivity contribution in [2.45, 2.75) is 82.6 Å². The maximum Gasteiger partial charge on any atom is 0.254 e. The van der Waals surface area contributed by atoms with Crippen LogP contribution in [0.3, 0.4) is 0 Å². The predicted molar refractivity (Wildman–Crippen MR) is 262 cm³/mol. The number of unbranched alkanes of at least 4 members (excludes halogenated alkanes) is 2. The van der Waals surface area contributed by atoms with Gasteiger partial charge in [0.2, 0.25) is 12.6 Å². The van der Waals surface area contributed by atoms with Crippen molar-refractivity contribution in [3.05, 3.63) is 162 Å². The molecule has 9 rings (SSSR count). The molecule has 6 unspecified atom stereocenters. The van der Waals surface area contributed by atoms with E-state index in [0.29, 0.717) is 60.1 Å². The number of fused-ring (bicyclic) bond motifs is 3. The van der Waals surface area contributed by atoms with Gasteiger partial charge in [-0.2, -0.15) is 0 Å². The molecular weight excluding hydrogens is 857 g/mol. The van der Waals surface area contributed by atoms with Crippen molar-refractivity contribution in [1.82, 2.24) is 4.90 Å². The highest BCUT2D eigenvalue weighted by Gasteiger charge is 2.65. The third kappa shape index (κ3) is 9.79. The number of aliphatic hydroxyl groups is 2. The molecular formula is C57H62N2O9. The van der Waals surface area contributed by atoms with E-state index >= 15 is 4.79 Å². The van der Waals surface area contributed by atoms with E-state index in [0.717, 1.165) is 59.2 Å². The molecule has 1 fully saturated rings. The van der Waals surface area contributed by atoms with E-state index in [9.17, 15) is 10.2 Å². The summed E-state index contributed by atoms with van der Waals surface area (Å²) in [5.41, 5.74) is 6.35. The van der Waals surface area contributed by atoms with Gasteiger partial charge >= 0.3 is 0 Å². The molecule has 6 atom stereocenters. The number of benzene rings is 5. The van der Waals surface area contributed by atoms with Crippen LogP contribution in [0.1, 0.15) is 85.7 Å². The predicted octanol–water partition coefficient (Wildman–Crippen LogP) is 11.3. The quantitative estimate of drug-likeness (QED) is 0.0420. The van der Waals surface area contributed by atoms with Crippen molar-refractivity contribution in [1.29, 1.82) is 0 Å². The van der Waals surface area contributed by atoms with Gasteiger partial charge in [-0.15, -0.1) is 6.58 Å². The van der Waals surface area contributed by atoms with E-state index in [1.807, 2.05) is 77.7 Å². The normalized spacial score (nSPS) is 22.6. The molecule has 5 aromatic carbocycles. The lowest BCUT2D eigenvalue weighted by Crippen LogP contribution is -2.70. The molecule has 4 aliphatic rings.